The summed E-state index contributed by atoms with van der Waals surface area (Å²) in [6.07, 6.45) is 2.22. The number of carbonyl (C=O) groups is 1. The maximum atomic E-state index is 10.3. The monoisotopic (exact) mass is 171 g/mol. The van der Waals surface area contributed by atoms with Gasteiger partial charge in [-0.2, -0.15) is 0 Å². The number of hydrogen-bond donors (Lipinski definition) is 2. The summed E-state index contributed by atoms with van der Waals surface area (Å²) in [5.74, 6) is -0.757. The van der Waals surface area contributed by atoms with Gasteiger partial charge in [0.25, 0.3) is 0 Å². The average Bonchev–Trinajstić information content (AvgIpc) is 1.84. The van der Waals surface area contributed by atoms with Gasteiger partial charge in [-0.1, -0.05) is 11.6 Å². The van der Waals surface area contributed by atoms with E-state index in [1.807, 2.05) is 26.8 Å². The summed E-state index contributed by atoms with van der Waals surface area (Å²) in [6, 6.07) is 0.0399. The van der Waals surface area contributed by atoms with Crippen molar-refractivity contribution < 1.29 is 9.90 Å². The molecule has 3 heteroatoms. The summed E-state index contributed by atoms with van der Waals surface area (Å²) in [6.45, 7) is 6.65. The van der Waals surface area contributed by atoms with Crippen molar-refractivity contribution in [1.29, 1.82) is 0 Å². The lowest BCUT2D eigenvalue weighted by Gasteiger charge is -2.08. The first kappa shape index (κ1) is 11.2. The quantitative estimate of drug-likeness (QED) is 0.615. The van der Waals surface area contributed by atoms with Crippen molar-refractivity contribution in [1.82, 2.24) is 5.32 Å². The third-order valence-corrected chi connectivity index (χ3v) is 1.46. The van der Waals surface area contributed by atoms with Crippen molar-refractivity contribution in [2.75, 3.05) is 6.54 Å². The van der Waals surface area contributed by atoms with Crippen LogP contribution in [0.1, 0.15) is 27.2 Å². The third-order valence-electron chi connectivity index (χ3n) is 1.46. The molecule has 70 valence electrons. The highest BCUT2D eigenvalue weighted by Crippen LogP contribution is 1.91. The first-order chi connectivity index (χ1) is 5.52. The molecule has 0 aliphatic carbocycles. The predicted octanol–water partition coefficient (Wildman–Crippen LogP) is 1.41. The van der Waals surface area contributed by atoms with Crippen LogP contribution in [0.3, 0.4) is 0 Å². The average molecular weight is 171 g/mol. The molecule has 0 aromatic rings. The van der Waals surface area contributed by atoms with Crippen LogP contribution >= 0.6 is 0 Å². The summed E-state index contributed by atoms with van der Waals surface area (Å²) >= 11 is 0. The Morgan fingerprint density at radius 2 is 2.17 bits per heavy atom. The fourth-order valence-corrected chi connectivity index (χ4v) is 0.798. The van der Waals surface area contributed by atoms with E-state index in [0.29, 0.717) is 0 Å². The fraction of sp³-hybridized carbons (Fsp3) is 0.667. The van der Waals surface area contributed by atoms with E-state index >= 15 is 0 Å². The van der Waals surface area contributed by atoms with Gasteiger partial charge in [-0.3, -0.25) is 4.79 Å². The maximum Gasteiger partial charge on any atom is 0.304 e. The molecule has 0 spiro atoms. The van der Waals surface area contributed by atoms with Gasteiger partial charge in [0.05, 0.1) is 6.42 Å². The van der Waals surface area contributed by atoms with E-state index in [1.165, 1.54) is 5.57 Å². The minimum Gasteiger partial charge on any atom is -0.481 e. The lowest BCUT2D eigenvalue weighted by molar-refractivity contribution is -0.137. The molecular formula is C9H17NO2. The zero-order valence-corrected chi connectivity index (χ0v) is 7.92. The molecule has 0 heterocycles. The molecule has 1 unspecified atom stereocenters. The Hall–Kier alpha value is -0.830. The zero-order chi connectivity index (χ0) is 9.56. The van der Waals surface area contributed by atoms with Crippen LogP contribution in [0.4, 0.5) is 0 Å². The molecule has 1 atom stereocenters. The van der Waals surface area contributed by atoms with Gasteiger partial charge in [-0.05, 0) is 20.8 Å². The molecule has 0 saturated carbocycles. The second-order valence-corrected chi connectivity index (χ2v) is 3.19. The van der Waals surface area contributed by atoms with Crippen molar-refractivity contribution in [2.45, 2.75) is 33.2 Å². The van der Waals surface area contributed by atoms with Gasteiger partial charge < -0.3 is 10.4 Å². The number of nitrogens with one attached hydrogen (secondary N) is 1. The molecule has 0 radical (unpaired) electrons. The Bertz CT molecular complexity index is 171. The Morgan fingerprint density at radius 1 is 1.58 bits per heavy atom. The molecule has 2 N–H and O–H groups in total. The molecule has 3 nitrogen and oxygen atoms in total. The summed E-state index contributed by atoms with van der Waals surface area (Å²) in [5, 5.41) is 11.5. The van der Waals surface area contributed by atoms with Gasteiger partial charge in [-0.15, -0.1) is 0 Å². The number of hydrogen-bond acceptors (Lipinski definition) is 2. The molecule has 0 aliphatic rings. The van der Waals surface area contributed by atoms with Crippen LogP contribution in [0.5, 0.6) is 0 Å². The molecule has 0 saturated heterocycles. The van der Waals surface area contributed by atoms with Crippen LogP contribution in [0.2, 0.25) is 0 Å². The SMILES string of the molecule is CC(C)=CCNC(C)CC(=O)O. The van der Waals surface area contributed by atoms with Gasteiger partial charge in [-0.25, -0.2) is 0 Å². The third kappa shape index (κ3) is 7.28. The van der Waals surface area contributed by atoms with E-state index in [4.69, 9.17) is 5.11 Å². The summed E-state index contributed by atoms with van der Waals surface area (Å²) in [4.78, 5) is 10.3. The molecule has 0 fully saturated rings. The number of aliphatic carboxylic acids is 1. The molecular weight excluding hydrogens is 154 g/mol. The first-order valence-electron chi connectivity index (χ1n) is 4.11. The van der Waals surface area contributed by atoms with Gasteiger partial charge in [0, 0.05) is 12.6 Å². The van der Waals surface area contributed by atoms with Crippen LogP contribution in [-0.2, 0) is 4.79 Å². The van der Waals surface area contributed by atoms with Crippen LogP contribution in [0.15, 0.2) is 11.6 Å². The lowest BCUT2D eigenvalue weighted by atomic mass is 10.2. The summed E-state index contributed by atoms with van der Waals surface area (Å²) in [5.41, 5.74) is 1.24. The Balaban J connectivity index is 3.50. The highest BCUT2D eigenvalue weighted by Gasteiger charge is 2.04. The molecule has 12 heavy (non-hydrogen) atoms. The van der Waals surface area contributed by atoms with Crippen LogP contribution < -0.4 is 5.32 Å². The van der Waals surface area contributed by atoms with E-state index < -0.39 is 5.97 Å². The van der Waals surface area contributed by atoms with E-state index in [0.717, 1.165) is 6.54 Å². The standard InChI is InChI=1S/C9H17NO2/c1-7(2)4-5-10-8(3)6-9(11)12/h4,8,10H,5-6H2,1-3H3,(H,11,12). The number of rotatable bonds is 5. The van der Waals surface area contributed by atoms with Crippen LogP contribution in [-0.4, -0.2) is 23.7 Å². The highest BCUT2D eigenvalue weighted by atomic mass is 16.4. The first-order valence-corrected chi connectivity index (χ1v) is 4.11. The molecule has 0 amide bonds. The number of carboxylic acid groups (broad SMARTS) is 1. The van der Waals surface area contributed by atoms with Gasteiger partial charge in [0.2, 0.25) is 0 Å². The second kappa shape index (κ2) is 5.77. The molecule has 0 aromatic carbocycles. The van der Waals surface area contributed by atoms with Gasteiger partial charge in [0.15, 0.2) is 0 Å². The largest absolute Gasteiger partial charge is 0.481 e. The van der Waals surface area contributed by atoms with Crippen LogP contribution in [0, 0.1) is 0 Å². The molecule has 0 aromatic heterocycles. The summed E-state index contributed by atoms with van der Waals surface area (Å²) < 4.78 is 0. The Morgan fingerprint density at radius 3 is 2.58 bits per heavy atom. The van der Waals surface area contributed by atoms with E-state index in [1.54, 1.807) is 0 Å². The predicted molar refractivity (Wildman–Crippen MR) is 49.1 cm³/mol. The van der Waals surface area contributed by atoms with E-state index in [9.17, 15) is 4.79 Å². The van der Waals surface area contributed by atoms with Crippen molar-refractivity contribution >= 4 is 5.97 Å². The second-order valence-electron chi connectivity index (χ2n) is 3.19. The molecule has 0 bridgehead atoms. The van der Waals surface area contributed by atoms with Gasteiger partial charge >= 0.3 is 5.97 Å². The summed E-state index contributed by atoms with van der Waals surface area (Å²) in [7, 11) is 0. The molecule has 0 rings (SSSR count). The lowest BCUT2D eigenvalue weighted by Crippen LogP contribution is -2.28. The van der Waals surface area contributed by atoms with Crippen molar-refractivity contribution in [3.63, 3.8) is 0 Å². The Labute approximate surface area is 73.5 Å². The van der Waals surface area contributed by atoms with E-state index in [-0.39, 0.29) is 12.5 Å². The zero-order valence-electron chi connectivity index (χ0n) is 7.92. The van der Waals surface area contributed by atoms with Crippen molar-refractivity contribution in [2.24, 2.45) is 0 Å². The van der Waals surface area contributed by atoms with Crippen molar-refractivity contribution in [3.8, 4) is 0 Å². The molecule has 0 aliphatic heterocycles. The maximum absolute atomic E-state index is 10.3. The van der Waals surface area contributed by atoms with Crippen LogP contribution in [0.25, 0.3) is 0 Å². The van der Waals surface area contributed by atoms with Crippen molar-refractivity contribution in [3.05, 3.63) is 11.6 Å². The minimum atomic E-state index is -0.757. The number of allylic oxidation sites excluding steroid dienone is 1. The highest BCUT2D eigenvalue weighted by molar-refractivity contribution is 5.67. The number of carboxylic acids is 1. The fourth-order valence-electron chi connectivity index (χ4n) is 0.798. The minimum absolute atomic E-state index is 0.0399. The van der Waals surface area contributed by atoms with Gasteiger partial charge in [0.1, 0.15) is 0 Å². The smallest absolute Gasteiger partial charge is 0.304 e. The Kier molecular flexibility index (Phi) is 5.37. The van der Waals surface area contributed by atoms with E-state index in [2.05, 4.69) is 5.32 Å². The topological polar surface area (TPSA) is 49.3 Å². The normalized spacial score (nSPS) is 12.2.